The van der Waals surface area contributed by atoms with E-state index in [1.807, 2.05) is 0 Å². The van der Waals surface area contributed by atoms with E-state index in [9.17, 15) is 0 Å². The number of hydrogen-bond acceptors (Lipinski definition) is 2. The fourth-order valence-corrected chi connectivity index (χ4v) is 2.79. The normalized spacial score (nSPS) is 28.9. The van der Waals surface area contributed by atoms with E-state index in [1.54, 1.807) is 0 Å². The van der Waals surface area contributed by atoms with Crippen LogP contribution in [0.25, 0.3) is 0 Å². The Hall–Kier alpha value is -1.02. The van der Waals surface area contributed by atoms with Crippen LogP contribution in [0.4, 0.5) is 0 Å². The molecule has 1 N–H and O–H groups in total. The summed E-state index contributed by atoms with van der Waals surface area (Å²) in [5, 5.41) is 3.49. The first-order valence-electron chi connectivity index (χ1n) is 5.78. The Morgan fingerprint density at radius 3 is 3.20 bits per heavy atom. The third-order valence-electron chi connectivity index (χ3n) is 3.65. The highest BCUT2D eigenvalue weighted by Crippen LogP contribution is 2.38. The summed E-state index contributed by atoms with van der Waals surface area (Å²) in [7, 11) is 0. The topological polar surface area (TPSA) is 21.3 Å². The van der Waals surface area contributed by atoms with Crippen molar-refractivity contribution in [3.05, 3.63) is 29.3 Å². The van der Waals surface area contributed by atoms with Crippen LogP contribution in [-0.2, 0) is 0 Å². The second-order valence-electron chi connectivity index (χ2n) is 4.70. The predicted molar refractivity (Wildman–Crippen MR) is 60.4 cm³/mol. The third kappa shape index (κ3) is 1.53. The minimum Gasteiger partial charge on any atom is -0.493 e. The summed E-state index contributed by atoms with van der Waals surface area (Å²) in [6.45, 7) is 5.27. The van der Waals surface area contributed by atoms with Crippen molar-refractivity contribution in [3.63, 3.8) is 0 Å². The summed E-state index contributed by atoms with van der Waals surface area (Å²) in [5.74, 6) is 2.56. The Balaban J connectivity index is 2.05. The van der Waals surface area contributed by atoms with Gasteiger partial charge in [0.1, 0.15) is 5.75 Å². The van der Waals surface area contributed by atoms with Crippen LogP contribution in [0.15, 0.2) is 18.2 Å². The largest absolute Gasteiger partial charge is 0.493 e. The van der Waals surface area contributed by atoms with Crippen molar-refractivity contribution in [2.75, 3.05) is 19.7 Å². The minimum absolute atomic E-state index is 0.670. The fraction of sp³-hybridized carbons (Fsp3) is 0.538. The van der Waals surface area contributed by atoms with E-state index >= 15 is 0 Å². The maximum absolute atomic E-state index is 5.84. The highest BCUT2D eigenvalue weighted by Gasteiger charge is 2.32. The average Bonchev–Trinajstić information content (AvgIpc) is 2.61. The summed E-state index contributed by atoms with van der Waals surface area (Å²) >= 11 is 0. The Bertz CT molecular complexity index is 375. The molecule has 0 bridgehead atoms. The zero-order valence-electron chi connectivity index (χ0n) is 9.12. The van der Waals surface area contributed by atoms with Gasteiger partial charge < -0.3 is 10.1 Å². The highest BCUT2D eigenvalue weighted by atomic mass is 16.5. The minimum atomic E-state index is 0.670. The lowest BCUT2D eigenvalue weighted by Crippen LogP contribution is -2.11. The van der Waals surface area contributed by atoms with Crippen LogP contribution in [0, 0.1) is 12.8 Å². The molecule has 1 saturated heterocycles. The first-order chi connectivity index (χ1) is 7.34. The molecule has 0 aromatic heterocycles. The summed E-state index contributed by atoms with van der Waals surface area (Å²) in [5.41, 5.74) is 2.70. The van der Waals surface area contributed by atoms with Crippen LogP contribution < -0.4 is 10.1 Å². The highest BCUT2D eigenvalue weighted by molar-refractivity contribution is 5.41. The van der Waals surface area contributed by atoms with Crippen LogP contribution in [0.2, 0.25) is 0 Å². The van der Waals surface area contributed by atoms with Gasteiger partial charge in [0.2, 0.25) is 0 Å². The molecule has 0 radical (unpaired) electrons. The Labute approximate surface area is 90.6 Å². The van der Waals surface area contributed by atoms with E-state index < -0.39 is 0 Å². The van der Waals surface area contributed by atoms with Crippen LogP contribution in [0.3, 0.4) is 0 Å². The molecule has 2 heterocycles. The molecular weight excluding hydrogens is 186 g/mol. The molecule has 1 aromatic rings. The zero-order valence-corrected chi connectivity index (χ0v) is 9.12. The van der Waals surface area contributed by atoms with Crippen molar-refractivity contribution < 1.29 is 4.74 Å². The Morgan fingerprint density at radius 2 is 2.27 bits per heavy atom. The Morgan fingerprint density at radius 1 is 1.33 bits per heavy atom. The number of rotatable bonds is 0. The fourth-order valence-electron chi connectivity index (χ4n) is 2.79. The molecular formula is C13H17NO. The summed E-state index contributed by atoms with van der Waals surface area (Å²) in [4.78, 5) is 0. The molecule has 1 fully saturated rings. The average molecular weight is 203 g/mol. The lowest BCUT2D eigenvalue weighted by Gasteiger charge is -2.15. The standard InChI is InChI=1S/C13H17NO/c1-9-2-3-11-12-8-14-7-10(12)4-5-15-13(11)6-9/h2-3,6,10,12,14H,4-5,7-8H2,1H3/t10-,12-/m0/s1. The number of ether oxygens (including phenoxy) is 1. The van der Waals surface area contributed by atoms with E-state index in [0.717, 1.165) is 31.4 Å². The number of fused-ring (bicyclic) bond motifs is 3. The molecule has 2 nitrogen and oxygen atoms in total. The van der Waals surface area contributed by atoms with Crippen molar-refractivity contribution in [2.24, 2.45) is 5.92 Å². The van der Waals surface area contributed by atoms with Gasteiger partial charge in [-0.1, -0.05) is 12.1 Å². The molecule has 80 valence electrons. The SMILES string of the molecule is Cc1ccc2c(c1)OCC[C@H]1CNC[C@H]21. The van der Waals surface area contributed by atoms with Gasteiger partial charge in [-0.25, -0.2) is 0 Å². The van der Waals surface area contributed by atoms with Crippen molar-refractivity contribution in [1.29, 1.82) is 0 Å². The molecule has 2 heteroatoms. The first-order valence-corrected chi connectivity index (χ1v) is 5.78. The second kappa shape index (κ2) is 3.53. The van der Waals surface area contributed by atoms with Gasteiger partial charge >= 0.3 is 0 Å². The summed E-state index contributed by atoms with van der Waals surface area (Å²) in [6, 6.07) is 6.62. The molecule has 15 heavy (non-hydrogen) atoms. The number of nitrogens with one attached hydrogen (secondary N) is 1. The predicted octanol–water partition coefficient (Wildman–Crippen LogP) is 2.08. The summed E-state index contributed by atoms with van der Waals surface area (Å²) in [6.07, 6.45) is 1.19. The van der Waals surface area contributed by atoms with Gasteiger partial charge in [-0.3, -0.25) is 0 Å². The van der Waals surface area contributed by atoms with Gasteiger partial charge in [0, 0.05) is 12.5 Å². The zero-order chi connectivity index (χ0) is 10.3. The maximum atomic E-state index is 5.84. The second-order valence-corrected chi connectivity index (χ2v) is 4.70. The monoisotopic (exact) mass is 203 g/mol. The van der Waals surface area contributed by atoms with Crippen molar-refractivity contribution in [1.82, 2.24) is 5.32 Å². The van der Waals surface area contributed by atoms with Crippen molar-refractivity contribution >= 4 is 0 Å². The smallest absolute Gasteiger partial charge is 0.123 e. The number of hydrogen-bond donors (Lipinski definition) is 1. The quantitative estimate of drug-likeness (QED) is 0.697. The van der Waals surface area contributed by atoms with Gasteiger partial charge in [0.05, 0.1) is 6.61 Å². The molecule has 0 unspecified atom stereocenters. The van der Waals surface area contributed by atoms with Gasteiger partial charge in [-0.15, -0.1) is 0 Å². The molecule has 0 saturated carbocycles. The van der Waals surface area contributed by atoms with Gasteiger partial charge in [-0.05, 0) is 43.0 Å². The van der Waals surface area contributed by atoms with Crippen molar-refractivity contribution in [2.45, 2.75) is 19.3 Å². The first kappa shape index (κ1) is 9.22. The lowest BCUT2D eigenvalue weighted by atomic mass is 9.87. The van der Waals surface area contributed by atoms with Gasteiger partial charge in [-0.2, -0.15) is 0 Å². The molecule has 0 amide bonds. The molecule has 3 rings (SSSR count). The van der Waals surface area contributed by atoms with E-state index in [1.165, 1.54) is 17.5 Å². The molecule has 2 aliphatic rings. The van der Waals surface area contributed by atoms with Gasteiger partial charge in [0.15, 0.2) is 0 Å². The van der Waals surface area contributed by atoms with Gasteiger partial charge in [0.25, 0.3) is 0 Å². The van der Waals surface area contributed by atoms with E-state index in [2.05, 4.69) is 30.4 Å². The van der Waals surface area contributed by atoms with E-state index in [-0.39, 0.29) is 0 Å². The van der Waals surface area contributed by atoms with Crippen molar-refractivity contribution in [3.8, 4) is 5.75 Å². The van der Waals surface area contributed by atoms with E-state index in [4.69, 9.17) is 4.74 Å². The maximum Gasteiger partial charge on any atom is 0.123 e. The lowest BCUT2D eigenvalue weighted by molar-refractivity contribution is 0.296. The molecule has 2 atom stereocenters. The number of aryl methyl sites for hydroxylation is 1. The Kier molecular flexibility index (Phi) is 2.17. The van der Waals surface area contributed by atoms with Crippen LogP contribution in [0.5, 0.6) is 5.75 Å². The molecule has 2 aliphatic heterocycles. The molecule has 1 aromatic carbocycles. The third-order valence-corrected chi connectivity index (χ3v) is 3.65. The number of benzene rings is 1. The van der Waals surface area contributed by atoms with Crippen LogP contribution in [0.1, 0.15) is 23.5 Å². The molecule has 0 spiro atoms. The molecule has 0 aliphatic carbocycles. The van der Waals surface area contributed by atoms with Crippen LogP contribution >= 0.6 is 0 Å². The van der Waals surface area contributed by atoms with Crippen LogP contribution in [-0.4, -0.2) is 19.7 Å². The summed E-state index contributed by atoms with van der Waals surface area (Å²) < 4.78 is 5.84. The van der Waals surface area contributed by atoms with E-state index in [0.29, 0.717) is 5.92 Å².